The summed E-state index contributed by atoms with van der Waals surface area (Å²) in [6.45, 7) is 4.99. The minimum atomic E-state index is -0.311. The lowest BCUT2D eigenvalue weighted by Gasteiger charge is -2.33. The van der Waals surface area contributed by atoms with Gasteiger partial charge in [-0.2, -0.15) is 0 Å². The number of amides is 1. The van der Waals surface area contributed by atoms with E-state index in [4.69, 9.17) is 4.74 Å². The van der Waals surface area contributed by atoms with Gasteiger partial charge in [-0.3, -0.25) is 14.6 Å². The zero-order valence-corrected chi connectivity index (χ0v) is 15.6. The molecule has 1 aliphatic rings. The fourth-order valence-electron chi connectivity index (χ4n) is 3.08. The smallest absolute Gasteiger partial charge is 0.263 e. The topological polar surface area (TPSA) is 76.5 Å². The minimum Gasteiger partial charge on any atom is -0.388 e. The molecule has 0 bridgehead atoms. The molecular weight excluding hydrogens is 332 g/mol. The van der Waals surface area contributed by atoms with E-state index in [-0.39, 0.29) is 23.1 Å². The molecule has 7 heteroatoms. The maximum absolute atomic E-state index is 12.9. The lowest BCUT2D eigenvalue weighted by Crippen LogP contribution is -2.44. The number of nitrogens with zero attached hydrogens (tertiary/aromatic N) is 3. The first kappa shape index (κ1) is 18.1. The second kappa shape index (κ2) is 7.29. The molecule has 1 N–H and O–H groups in total. The first-order valence-electron chi connectivity index (χ1n) is 8.64. The van der Waals surface area contributed by atoms with E-state index in [1.165, 1.54) is 4.57 Å². The minimum absolute atomic E-state index is 0.187. The Labute approximate surface area is 152 Å². The first-order chi connectivity index (χ1) is 12.4. The van der Waals surface area contributed by atoms with Crippen molar-refractivity contribution in [2.45, 2.75) is 20.0 Å². The van der Waals surface area contributed by atoms with Crippen LogP contribution < -0.4 is 10.9 Å². The number of ether oxygens (including phenoxy) is 1. The zero-order valence-electron chi connectivity index (χ0n) is 15.6. The van der Waals surface area contributed by atoms with Crippen molar-refractivity contribution in [1.29, 1.82) is 0 Å². The summed E-state index contributed by atoms with van der Waals surface area (Å²) < 4.78 is 7.33. The highest BCUT2D eigenvalue weighted by atomic mass is 16.5. The van der Waals surface area contributed by atoms with Crippen LogP contribution in [0.25, 0.3) is 0 Å². The van der Waals surface area contributed by atoms with Crippen molar-refractivity contribution in [2.24, 2.45) is 7.05 Å². The van der Waals surface area contributed by atoms with Crippen LogP contribution in [-0.4, -0.2) is 47.1 Å². The number of morpholine rings is 1. The van der Waals surface area contributed by atoms with Crippen LogP contribution in [0.2, 0.25) is 0 Å². The summed E-state index contributed by atoms with van der Waals surface area (Å²) in [5, 5.41) is 3.11. The average Bonchev–Trinajstić information content (AvgIpc) is 2.65. The van der Waals surface area contributed by atoms with Crippen molar-refractivity contribution >= 4 is 11.6 Å². The van der Waals surface area contributed by atoms with Gasteiger partial charge in [-0.1, -0.05) is 0 Å². The maximum Gasteiger partial charge on any atom is 0.263 e. The predicted molar refractivity (Wildman–Crippen MR) is 99.5 cm³/mol. The summed E-state index contributed by atoms with van der Waals surface area (Å²) in [6, 6.07) is 7.27. The van der Waals surface area contributed by atoms with E-state index < -0.39 is 0 Å². The maximum atomic E-state index is 12.9. The van der Waals surface area contributed by atoms with Crippen LogP contribution in [0.4, 0.5) is 5.69 Å². The largest absolute Gasteiger partial charge is 0.388 e. The van der Waals surface area contributed by atoms with Gasteiger partial charge < -0.3 is 19.5 Å². The van der Waals surface area contributed by atoms with Crippen LogP contribution in [-0.2, 0) is 11.8 Å². The Morgan fingerprint density at radius 3 is 2.81 bits per heavy atom. The van der Waals surface area contributed by atoms with E-state index >= 15 is 0 Å². The van der Waals surface area contributed by atoms with Crippen molar-refractivity contribution in [2.75, 3.05) is 32.1 Å². The second-order valence-electron chi connectivity index (χ2n) is 6.54. The van der Waals surface area contributed by atoms with Gasteiger partial charge in [0.1, 0.15) is 11.7 Å². The monoisotopic (exact) mass is 356 g/mol. The van der Waals surface area contributed by atoms with Crippen molar-refractivity contribution in [3.05, 3.63) is 57.3 Å². The number of hydrogen-bond acceptors (Lipinski definition) is 5. The van der Waals surface area contributed by atoms with Gasteiger partial charge in [0.15, 0.2) is 0 Å². The van der Waals surface area contributed by atoms with Gasteiger partial charge in [-0.15, -0.1) is 0 Å². The number of nitrogens with one attached hydrogen (secondary N) is 1. The SMILES string of the molecule is CNc1cc(C)nc([C@H]2CN(C(=O)c3ccc(C)n(C)c3=O)CCO2)c1. The molecule has 1 atom stereocenters. The molecule has 26 heavy (non-hydrogen) atoms. The Hall–Kier alpha value is -2.67. The van der Waals surface area contributed by atoms with Crippen LogP contribution >= 0.6 is 0 Å². The number of anilines is 1. The quantitative estimate of drug-likeness (QED) is 0.905. The average molecular weight is 356 g/mol. The number of pyridine rings is 2. The van der Waals surface area contributed by atoms with Crippen LogP contribution in [0.3, 0.4) is 0 Å². The van der Waals surface area contributed by atoms with E-state index in [1.54, 1.807) is 24.1 Å². The Morgan fingerprint density at radius 2 is 2.08 bits per heavy atom. The van der Waals surface area contributed by atoms with Gasteiger partial charge >= 0.3 is 0 Å². The summed E-state index contributed by atoms with van der Waals surface area (Å²) in [5.74, 6) is -0.264. The van der Waals surface area contributed by atoms with Gasteiger partial charge in [-0.05, 0) is 38.1 Å². The van der Waals surface area contributed by atoms with Crippen LogP contribution in [0.1, 0.15) is 33.5 Å². The fourth-order valence-corrected chi connectivity index (χ4v) is 3.08. The van der Waals surface area contributed by atoms with Crippen molar-refractivity contribution in [1.82, 2.24) is 14.5 Å². The van der Waals surface area contributed by atoms with Crippen LogP contribution in [0.5, 0.6) is 0 Å². The van der Waals surface area contributed by atoms with Crippen molar-refractivity contribution in [3.8, 4) is 0 Å². The van der Waals surface area contributed by atoms with Gasteiger partial charge in [-0.25, -0.2) is 0 Å². The van der Waals surface area contributed by atoms with E-state index in [9.17, 15) is 9.59 Å². The van der Waals surface area contributed by atoms with E-state index in [0.29, 0.717) is 19.7 Å². The number of hydrogen-bond donors (Lipinski definition) is 1. The van der Waals surface area contributed by atoms with Gasteiger partial charge in [0.25, 0.3) is 11.5 Å². The molecular formula is C19H24N4O3. The summed E-state index contributed by atoms with van der Waals surface area (Å²) >= 11 is 0. The Bertz CT molecular complexity index is 891. The van der Waals surface area contributed by atoms with Gasteiger partial charge in [0.05, 0.1) is 18.8 Å². The summed E-state index contributed by atoms with van der Waals surface area (Å²) in [5.41, 5.74) is 3.34. The number of aryl methyl sites for hydroxylation is 2. The van der Waals surface area contributed by atoms with E-state index in [1.807, 2.05) is 33.0 Å². The summed E-state index contributed by atoms with van der Waals surface area (Å²) in [6.07, 6.45) is -0.311. The Kier molecular flexibility index (Phi) is 5.08. The number of carbonyl (C=O) groups excluding carboxylic acids is 1. The molecule has 2 aromatic heterocycles. The molecule has 0 aromatic carbocycles. The molecule has 3 rings (SSSR count). The van der Waals surface area contributed by atoms with Crippen molar-refractivity contribution < 1.29 is 9.53 Å². The molecule has 138 valence electrons. The van der Waals surface area contributed by atoms with Crippen LogP contribution in [0, 0.1) is 13.8 Å². The molecule has 0 saturated carbocycles. The van der Waals surface area contributed by atoms with E-state index in [0.717, 1.165) is 22.8 Å². The van der Waals surface area contributed by atoms with E-state index in [2.05, 4.69) is 10.3 Å². The lowest BCUT2D eigenvalue weighted by molar-refractivity contribution is -0.0248. The molecule has 1 fully saturated rings. The second-order valence-corrected chi connectivity index (χ2v) is 6.54. The molecule has 3 heterocycles. The fraction of sp³-hybridized carbons (Fsp3) is 0.421. The van der Waals surface area contributed by atoms with Crippen LogP contribution in [0.15, 0.2) is 29.1 Å². The van der Waals surface area contributed by atoms with Crippen molar-refractivity contribution in [3.63, 3.8) is 0 Å². The molecule has 0 aliphatic carbocycles. The highest BCUT2D eigenvalue weighted by Gasteiger charge is 2.28. The molecule has 0 spiro atoms. The highest BCUT2D eigenvalue weighted by molar-refractivity contribution is 5.94. The number of carbonyl (C=O) groups is 1. The molecule has 7 nitrogen and oxygen atoms in total. The third-order valence-electron chi connectivity index (χ3n) is 4.73. The highest BCUT2D eigenvalue weighted by Crippen LogP contribution is 2.24. The zero-order chi connectivity index (χ0) is 18.8. The molecule has 1 aliphatic heterocycles. The normalized spacial score (nSPS) is 17.2. The summed E-state index contributed by atoms with van der Waals surface area (Å²) in [4.78, 5) is 31.5. The lowest BCUT2D eigenvalue weighted by atomic mass is 10.1. The molecule has 1 saturated heterocycles. The molecule has 1 amide bonds. The summed E-state index contributed by atoms with van der Waals surface area (Å²) in [7, 11) is 3.52. The van der Waals surface area contributed by atoms with Gasteiger partial charge in [0.2, 0.25) is 0 Å². The third-order valence-corrected chi connectivity index (χ3v) is 4.73. The standard InChI is InChI=1S/C19H24N4O3/c1-12-9-14(20-3)10-16(21-12)17-11-23(7-8-26-17)19(25)15-6-5-13(2)22(4)18(15)24/h5-6,9-10,17H,7-8,11H2,1-4H3,(H,20,21)/t17-/m1/s1. The third kappa shape index (κ3) is 3.48. The Balaban J connectivity index is 1.85. The Morgan fingerprint density at radius 1 is 1.31 bits per heavy atom. The van der Waals surface area contributed by atoms with Gasteiger partial charge in [0, 0.05) is 37.7 Å². The first-order valence-corrected chi connectivity index (χ1v) is 8.64. The molecule has 0 radical (unpaired) electrons. The number of aromatic nitrogens is 2. The predicted octanol–water partition coefficient (Wildman–Crippen LogP) is 1.65. The number of rotatable bonds is 3. The molecule has 0 unspecified atom stereocenters. The molecule has 2 aromatic rings.